The highest BCUT2D eigenvalue weighted by Gasteiger charge is 2.34. The summed E-state index contributed by atoms with van der Waals surface area (Å²) in [5.74, 6) is 1.76. The van der Waals surface area contributed by atoms with E-state index in [4.69, 9.17) is 9.84 Å². The SMILES string of the molecule is COCn1nc(-c2ccccc2)c2c1[C@@H](C(C)C)CC[C@H]2C. The zero-order valence-corrected chi connectivity index (χ0v) is 14.0. The van der Waals surface area contributed by atoms with E-state index in [0.717, 1.165) is 5.69 Å². The maximum Gasteiger partial charge on any atom is 0.139 e. The molecule has 3 rings (SSSR count). The first kappa shape index (κ1) is 15.3. The van der Waals surface area contributed by atoms with Crippen LogP contribution < -0.4 is 0 Å². The first-order chi connectivity index (χ1) is 10.6. The predicted octanol–water partition coefficient (Wildman–Crippen LogP) is 4.79. The number of ether oxygens (including phenoxy) is 1. The van der Waals surface area contributed by atoms with Gasteiger partial charge in [0, 0.05) is 29.8 Å². The molecule has 0 unspecified atom stereocenters. The smallest absolute Gasteiger partial charge is 0.139 e. The van der Waals surface area contributed by atoms with E-state index in [0.29, 0.717) is 24.5 Å². The molecular weight excluding hydrogens is 272 g/mol. The first-order valence-electron chi connectivity index (χ1n) is 8.28. The Balaban J connectivity index is 2.19. The number of rotatable bonds is 4. The molecule has 22 heavy (non-hydrogen) atoms. The van der Waals surface area contributed by atoms with Crippen LogP contribution >= 0.6 is 0 Å². The van der Waals surface area contributed by atoms with Gasteiger partial charge in [-0.15, -0.1) is 0 Å². The van der Waals surface area contributed by atoms with Crippen molar-refractivity contribution in [3.05, 3.63) is 41.6 Å². The van der Waals surface area contributed by atoms with Crippen molar-refractivity contribution in [2.24, 2.45) is 5.92 Å². The second-order valence-electron chi connectivity index (χ2n) is 6.76. The summed E-state index contributed by atoms with van der Waals surface area (Å²) in [6.45, 7) is 7.50. The van der Waals surface area contributed by atoms with Crippen LogP contribution in [0.4, 0.5) is 0 Å². The molecule has 1 heterocycles. The molecule has 0 N–H and O–H groups in total. The molecule has 0 spiro atoms. The molecule has 0 saturated carbocycles. The van der Waals surface area contributed by atoms with E-state index in [-0.39, 0.29) is 0 Å². The van der Waals surface area contributed by atoms with Crippen molar-refractivity contribution < 1.29 is 4.74 Å². The van der Waals surface area contributed by atoms with Crippen molar-refractivity contribution in [3.8, 4) is 11.3 Å². The number of benzene rings is 1. The Morgan fingerprint density at radius 1 is 1.23 bits per heavy atom. The van der Waals surface area contributed by atoms with Crippen LogP contribution in [0.1, 0.15) is 56.7 Å². The van der Waals surface area contributed by atoms with Crippen molar-refractivity contribution in [2.75, 3.05) is 7.11 Å². The van der Waals surface area contributed by atoms with Gasteiger partial charge in [0.25, 0.3) is 0 Å². The van der Waals surface area contributed by atoms with Crippen LogP contribution in [-0.4, -0.2) is 16.9 Å². The number of hydrogen-bond acceptors (Lipinski definition) is 2. The van der Waals surface area contributed by atoms with Gasteiger partial charge in [0.05, 0.1) is 5.69 Å². The Labute approximate surface area is 133 Å². The normalized spacial score (nSPS) is 21.1. The Morgan fingerprint density at radius 2 is 1.95 bits per heavy atom. The zero-order valence-electron chi connectivity index (χ0n) is 14.0. The van der Waals surface area contributed by atoms with Gasteiger partial charge in [-0.25, -0.2) is 4.68 Å². The lowest BCUT2D eigenvalue weighted by Gasteiger charge is -2.31. The van der Waals surface area contributed by atoms with Crippen LogP contribution in [-0.2, 0) is 11.5 Å². The van der Waals surface area contributed by atoms with E-state index in [1.54, 1.807) is 7.11 Å². The highest BCUT2D eigenvalue weighted by Crippen LogP contribution is 2.46. The predicted molar refractivity (Wildman–Crippen MR) is 89.9 cm³/mol. The highest BCUT2D eigenvalue weighted by atomic mass is 16.5. The largest absolute Gasteiger partial charge is 0.362 e. The summed E-state index contributed by atoms with van der Waals surface area (Å²) in [6, 6.07) is 10.5. The molecule has 1 aliphatic rings. The Hall–Kier alpha value is -1.61. The maximum atomic E-state index is 5.41. The van der Waals surface area contributed by atoms with E-state index in [1.165, 1.54) is 29.7 Å². The number of methoxy groups -OCH3 is 1. The molecule has 3 heteroatoms. The molecule has 1 aromatic heterocycles. The minimum Gasteiger partial charge on any atom is -0.362 e. The van der Waals surface area contributed by atoms with Gasteiger partial charge >= 0.3 is 0 Å². The molecule has 0 radical (unpaired) electrons. The van der Waals surface area contributed by atoms with Crippen LogP contribution in [0.2, 0.25) is 0 Å². The van der Waals surface area contributed by atoms with Crippen LogP contribution in [0.15, 0.2) is 30.3 Å². The summed E-state index contributed by atoms with van der Waals surface area (Å²) < 4.78 is 7.50. The number of aromatic nitrogens is 2. The fourth-order valence-corrected chi connectivity index (χ4v) is 3.76. The lowest BCUT2D eigenvalue weighted by molar-refractivity contribution is 0.115. The molecule has 0 saturated heterocycles. The van der Waals surface area contributed by atoms with Crippen LogP contribution in [0, 0.1) is 5.92 Å². The van der Waals surface area contributed by atoms with Gasteiger partial charge in [0.1, 0.15) is 6.73 Å². The van der Waals surface area contributed by atoms with Gasteiger partial charge in [-0.3, -0.25) is 0 Å². The van der Waals surface area contributed by atoms with Gasteiger partial charge in [-0.1, -0.05) is 51.1 Å². The lowest BCUT2D eigenvalue weighted by atomic mass is 9.75. The maximum absolute atomic E-state index is 5.41. The van der Waals surface area contributed by atoms with Crippen LogP contribution in [0.3, 0.4) is 0 Å². The van der Waals surface area contributed by atoms with E-state index >= 15 is 0 Å². The van der Waals surface area contributed by atoms with E-state index in [9.17, 15) is 0 Å². The van der Waals surface area contributed by atoms with E-state index < -0.39 is 0 Å². The average molecular weight is 298 g/mol. The second-order valence-corrected chi connectivity index (χ2v) is 6.76. The molecule has 2 aromatic rings. The van der Waals surface area contributed by atoms with Crippen molar-refractivity contribution in [3.63, 3.8) is 0 Å². The summed E-state index contributed by atoms with van der Waals surface area (Å²) in [5, 5.41) is 4.93. The molecule has 1 aliphatic carbocycles. The molecule has 2 atom stereocenters. The third-order valence-electron chi connectivity index (χ3n) is 4.89. The fraction of sp³-hybridized carbons (Fsp3) is 0.526. The number of fused-ring (bicyclic) bond motifs is 1. The quantitative estimate of drug-likeness (QED) is 0.811. The third-order valence-corrected chi connectivity index (χ3v) is 4.89. The fourth-order valence-electron chi connectivity index (χ4n) is 3.76. The molecule has 0 fully saturated rings. The summed E-state index contributed by atoms with van der Waals surface area (Å²) in [4.78, 5) is 0. The van der Waals surface area contributed by atoms with Gasteiger partial charge in [-0.05, 0) is 24.7 Å². The molecule has 0 aliphatic heterocycles. The van der Waals surface area contributed by atoms with Crippen molar-refractivity contribution in [1.82, 2.24) is 9.78 Å². The molecular formula is C19H26N2O. The summed E-state index contributed by atoms with van der Waals surface area (Å²) in [5.41, 5.74) is 5.19. The second kappa shape index (κ2) is 6.25. The van der Waals surface area contributed by atoms with Crippen molar-refractivity contribution >= 4 is 0 Å². The molecule has 3 nitrogen and oxygen atoms in total. The Morgan fingerprint density at radius 3 is 2.59 bits per heavy atom. The van der Waals surface area contributed by atoms with Crippen LogP contribution in [0.5, 0.6) is 0 Å². The minimum atomic E-state index is 0.533. The summed E-state index contributed by atoms with van der Waals surface area (Å²) in [6.07, 6.45) is 2.49. The van der Waals surface area contributed by atoms with E-state index in [2.05, 4.69) is 55.8 Å². The Kier molecular flexibility index (Phi) is 4.34. The summed E-state index contributed by atoms with van der Waals surface area (Å²) >= 11 is 0. The van der Waals surface area contributed by atoms with Gasteiger partial charge in [0.15, 0.2) is 0 Å². The molecule has 118 valence electrons. The summed E-state index contributed by atoms with van der Waals surface area (Å²) in [7, 11) is 1.74. The van der Waals surface area contributed by atoms with Crippen molar-refractivity contribution in [1.29, 1.82) is 0 Å². The third kappa shape index (κ3) is 2.58. The highest BCUT2D eigenvalue weighted by molar-refractivity contribution is 5.65. The topological polar surface area (TPSA) is 27.1 Å². The Bertz CT molecular complexity index is 630. The number of nitrogens with zero attached hydrogens (tertiary/aromatic N) is 2. The minimum absolute atomic E-state index is 0.533. The average Bonchev–Trinajstić information content (AvgIpc) is 2.89. The molecule has 0 bridgehead atoms. The molecule has 0 amide bonds. The van der Waals surface area contributed by atoms with E-state index in [1.807, 2.05) is 0 Å². The van der Waals surface area contributed by atoms with Crippen molar-refractivity contribution in [2.45, 2.75) is 52.2 Å². The lowest BCUT2D eigenvalue weighted by Crippen LogP contribution is -2.21. The van der Waals surface area contributed by atoms with Gasteiger partial charge < -0.3 is 4.74 Å². The number of hydrogen-bond donors (Lipinski definition) is 0. The molecule has 1 aromatic carbocycles. The van der Waals surface area contributed by atoms with Crippen LogP contribution in [0.25, 0.3) is 11.3 Å². The standard InChI is InChI=1S/C19H26N2O/c1-13(2)16-11-10-14(3)17-18(15-8-6-5-7-9-15)20-21(12-22-4)19(16)17/h5-9,13-14,16H,10-12H2,1-4H3/t14-,16-/m1/s1. The first-order valence-corrected chi connectivity index (χ1v) is 8.28. The monoisotopic (exact) mass is 298 g/mol. The zero-order chi connectivity index (χ0) is 15.7. The van der Waals surface area contributed by atoms with Gasteiger partial charge in [-0.2, -0.15) is 5.10 Å². The van der Waals surface area contributed by atoms with Gasteiger partial charge in [0.2, 0.25) is 0 Å².